The summed E-state index contributed by atoms with van der Waals surface area (Å²) in [5.74, 6) is -0.883. The first-order valence-electron chi connectivity index (χ1n) is 8.66. The van der Waals surface area contributed by atoms with Crippen LogP contribution >= 0.6 is 0 Å². The van der Waals surface area contributed by atoms with Gasteiger partial charge < -0.3 is 14.8 Å². The Labute approximate surface area is 163 Å². The summed E-state index contributed by atoms with van der Waals surface area (Å²) in [6, 6.07) is 8.22. The smallest absolute Gasteiger partial charge is 0.255 e. The molecule has 150 valence electrons. The van der Waals surface area contributed by atoms with E-state index in [9.17, 15) is 17.6 Å². The van der Waals surface area contributed by atoms with Gasteiger partial charge in [0.15, 0.2) is 0 Å². The number of nitrogens with zero attached hydrogens (tertiary/aromatic N) is 1. The largest absolute Gasteiger partial charge is 0.495 e. The van der Waals surface area contributed by atoms with Crippen LogP contribution in [0.2, 0.25) is 0 Å². The summed E-state index contributed by atoms with van der Waals surface area (Å²) in [5, 5.41) is 2.61. The number of benzene rings is 2. The van der Waals surface area contributed by atoms with Crippen LogP contribution in [0, 0.1) is 12.7 Å². The van der Waals surface area contributed by atoms with Gasteiger partial charge in [-0.25, -0.2) is 12.8 Å². The fourth-order valence-corrected chi connectivity index (χ4v) is 4.46. The molecular formula is C19H21FN2O5S. The molecule has 0 saturated carbocycles. The molecule has 2 aromatic rings. The lowest BCUT2D eigenvalue weighted by Crippen LogP contribution is -2.40. The SMILES string of the molecule is COc1ccc(C(=O)Nc2cc(F)ccc2C)cc1S(=O)(=O)N1CCOCC1. The van der Waals surface area contributed by atoms with Crippen molar-refractivity contribution >= 4 is 21.6 Å². The second-order valence-electron chi connectivity index (χ2n) is 6.30. The van der Waals surface area contributed by atoms with Crippen LogP contribution < -0.4 is 10.1 Å². The Morgan fingerprint density at radius 2 is 1.89 bits per heavy atom. The maximum Gasteiger partial charge on any atom is 0.255 e. The number of carbonyl (C=O) groups is 1. The van der Waals surface area contributed by atoms with Crippen molar-refractivity contribution < 1.29 is 27.1 Å². The molecule has 1 aliphatic rings. The average molecular weight is 408 g/mol. The lowest BCUT2D eigenvalue weighted by molar-refractivity contribution is 0.0729. The van der Waals surface area contributed by atoms with E-state index in [1.54, 1.807) is 13.0 Å². The zero-order chi connectivity index (χ0) is 20.3. The molecule has 1 aliphatic heterocycles. The standard InChI is InChI=1S/C19H21FN2O5S/c1-13-3-5-15(20)12-16(13)21-19(23)14-4-6-17(26-2)18(11-14)28(24,25)22-7-9-27-10-8-22/h3-6,11-12H,7-10H2,1-2H3,(H,21,23). The number of morpholine rings is 1. The Balaban J connectivity index is 1.94. The molecule has 1 amide bonds. The maximum absolute atomic E-state index is 13.5. The second kappa shape index (κ2) is 8.26. The monoisotopic (exact) mass is 408 g/mol. The molecule has 1 fully saturated rings. The number of ether oxygens (including phenoxy) is 2. The maximum atomic E-state index is 13.5. The fraction of sp³-hybridized carbons (Fsp3) is 0.316. The van der Waals surface area contributed by atoms with E-state index in [1.165, 1.54) is 41.7 Å². The Morgan fingerprint density at radius 1 is 1.18 bits per heavy atom. The van der Waals surface area contributed by atoms with Gasteiger partial charge in [0.05, 0.1) is 20.3 Å². The summed E-state index contributed by atoms with van der Waals surface area (Å²) >= 11 is 0. The molecule has 1 heterocycles. The normalized spacial score (nSPS) is 15.2. The Kier molecular flexibility index (Phi) is 5.97. The molecular weight excluding hydrogens is 387 g/mol. The topological polar surface area (TPSA) is 84.9 Å². The third-order valence-corrected chi connectivity index (χ3v) is 6.38. The number of halogens is 1. The van der Waals surface area contributed by atoms with Gasteiger partial charge in [0, 0.05) is 24.3 Å². The van der Waals surface area contributed by atoms with Crippen LogP contribution in [0.5, 0.6) is 5.75 Å². The number of methoxy groups -OCH3 is 1. The van der Waals surface area contributed by atoms with Crippen molar-refractivity contribution in [3.05, 3.63) is 53.3 Å². The number of carbonyl (C=O) groups excluding carboxylic acids is 1. The number of sulfonamides is 1. The quantitative estimate of drug-likeness (QED) is 0.821. The van der Waals surface area contributed by atoms with E-state index in [2.05, 4.69) is 5.32 Å². The zero-order valence-electron chi connectivity index (χ0n) is 15.6. The van der Waals surface area contributed by atoms with Crippen LogP contribution in [0.25, 0.3) is 0 Å². The molecule has 3 rings (SSSR count). The molecule has 0 bridgehead atoms. The first-order valence-corrected chi connectivity index (χ1v) is 10.1. The molecule has 28 heavy (non-hydrogen) atoms. The number of hydrogen-bond donors (Lipinski definition) is 1. The Bertz CT molecular complexity index is 988. The van der Waals surface area contributed by atoms with Crippen molar-refractivity contribution in [2.75, 3.05) is 38.7 Å². The van der Waals surface area contributed by atoms with Gasteiger partial charge in [-0.15, -0.1) is 0 Å². The lowest BCUT2D eigenvalue weighted by Gasteiger charge is -2.26. The highest BCUT2D eigenvalue weighted by atomic mass is 32.2. The van der Waals surface area contributed by atoms with Gasteiger partial charge in [-0.1, -0.05) is 6.07 Å². The molecule has 0 spiro atoms. The number of rotatable bonds is 5. The summed E-state index contributed by atoms with van der Waals surface area (Å²) in [6.45, 7) is 2.80. The molecule has 1 N–H and O–H groups in total. The van der Waals surface area contributed by atoms with E-state index in [0.717, 1.165) is 0 Å². The Morgan fingerprint density at radius 3 is 2.57 bits per heavy atom. The van der Waals surface area contributed by atoms with Gasteiger partial charge in [-0.2, -0.15) is 4.31 Å². The van der Waals surface area contributed by atoms with Gasteiger partial charge >= 0.3 is 0 Å². The summed E-state index contributed by atoms with van der Waals surface area (Å²) in [4.78, 5) is 12.5. The first kappa shape index (κ1) is 20.2. The van der Waals surface area contributed by atoms with E-state index >= 15 is 0 Å². The van der Waals surface area contributed by atoms with Crippen molar-refractivity contribution in [2.24, 2.45) is 0 Å². The molecule has 1 saturated heterocycles. The van der Waals surface area contributed by atoms with Crippen LogP contribution in [-0.2, 0) is 14.8 Å². The van der Waals surface area contributed by atoms with E-state index in [4.69, 9.17) is 9.47 Å². The first-order chi connectivity index (χ1) is 13.3. The zero-order valence-corrected chi connectivity index (χ0v) is 16.4. The fourth-order valence-electron chi connectivity index (χ4n) is 2.87. The number of anilines is 1. The highest BCUT2D eigenvalue weighted by molar-refractivity contribution is 7.89. The lowest BCUT2D eigenvalue weighted by atomic mass is 10.1. The second-order valence-corrected chi connectivity index (χ2v) is 8.20. The van der Waals surface area contributed by atoms with Gasteiger partial charge in [0.1, 0.15) is 16.5 Å². The summed E-state index contributed by atoms with van der Waals surface area (Å²) < 4.78 is 51.2. The Hall–Kier alpha value is -2.49. The third kappa shape index (κ3) is 4.16. The predicted octanol–water partition coefficient (Wildman–Crippen LogP) is 2.42. The van der Waals surface area contributed by atoms with Crippen molar-refractivity contribution in [3.63, 3.8) is 0 Å². The van der Waals surface area contributed by atoms with E-state index in [0.29, 0.717) is 24.5 Å². The van der Waals surface area contributed by atoms with Crippen molar-refractivity contribution in [3.8, 4) is 5.75 Å². The molecule has 7 nitrogen and oxygen atoms in total. The minimum Gasteiger partial charge on any atom is -0.495 e. The molecule has 9 heteroatoms. The van der Waals surface area contributed by atoms with Crippen LogP contribution in [0.3, 0.4) is 0 Å². The average Bonchev–Trinajstić information content (AvgIpc) is 2.70. The van der Waals surface area contributed by atoms with Crippen LogP contribution in [0.4, 0.5) is 10.1 Å². The summed E-state index contributed by atoms with van der Waals surface area (Å²) in [6.07, 6.45) is 0. The van der Waals surface area contributed by atoms with Crippen LogP contribution in [0.1, 0.15) is 15.9 Å². The van der Waals surface area contributed by atoms with Gasteiger partial charge in [-0.05, 0) is 42.8 Å². The number of nitrogens with one attached hydrogen (secondary N) is 1. The third-order valence-electron chi connectivity index (χ3n) is 4.46. The van der Waals surface area contributed by atoms with Gasteiger partial charge in [0.2, 0.25) is 10.0 Å². The van der Waals surface area contributed by atoms with E-state index in [1.807, 2.05) is 0 Å². The van der Waals surface area contributed by atoms with Crippen molar-refractivity contribution in [1.82, 2.24) is 4.31 Å². The number of hydrogen-bond acceptors (Lipinski definition) is 5. The number of aryl methyl sites for hydroxylation is 1. The van der Waals surface area contributed by atoms with Crippen LogP contribution in [-0.4, -0.2) is 52.0 Å². The van der Waals surface area contributed by atoms with E-state index in [-0.39, 0.29) is 29.3 Å². The van der Waals surface area contributed by atoms with Gasteiger partial charge in [-0.3, -0.25) is 4.79 Å². The van der Waals surface area contributed by atoms with Crippen molar-refractivity contribution in [1.29, 1.82) is 0 Å². The molecule has 0 atom stereocenters. The molecule has 0 radical (unpaired) electrons. The molecule has 0 aromatic heterocycles. The highest BCUT2D eigenvalue weighted by Gasteiger charge is 2.30. The summed E-state index contributed by atoms with van der Waals surface area (Å²) in [7, 11) is -2.50. The number of amides is 1. The molecule has 2 aromatic carbocycles. The predicted molar refractivity (Wildman–Crippen MR) is 102 cm³/mol. The minimum atomic E-state index is -3.86. The summed E-state index contributed by atoms with van der Waals surface area (Å²) in [5.41, 5.74) is 1.12. The van der Waals surface area contributed by atoms with E-state index < -0.39 is 21.7 Å². The van der Waals surface area contributed by atoms with Crippen molar-refractivity contribution in [2.45, 2.75) is 11.8 Å². The van der Waals surface area contributed by atoms with Crippen LogP contribution in [0.15, 0.2) is 41.3 Å². The minimum absolute atomic E-state index is 0.0967. The highest BCUT2D eigenvalue weighted by Crippen LogP contribution is 2.29. The molecule has 0 aliphatic carbocycles. The molecule has 0 unspecified atom stereocenters. The van der Waals surface area contributed by atoms with Gasteiger partial charge in [0.25, 0.3) is 5.91 Å².